The zero-order chi connectivity index (χ0) is 31.3. The first-order valence-electron chi connectivity index (χ1n) is 14.7. The summed E-state index contributed by atoms with van der Waals surface area (Å²) in [4.78, 5) is 26.6. The molecule has 2 unspecified atom stereocenters. The van der Waals surface area contributed by atoms with Crippen molar-refractivity contribution in [2.45, 2.75) is 63.0 Å². The molecule has 0 radical (unpaired) electrons. The summed E-state index contributed by atoms with van der Waals surface area (Å²) in [5.41, 5.74) is -1.79. The van der Waals surface area contributed by atoms with Crippen LogP contribution >= 0.6 is 0 Å². The first-order chi connectivity index (χ1) is 20.9. The molecule has 0 aromatic heterocycles. The quantitative estimate of drug-likeness (QED) is 0.238. The highest BCUT2D eigenvalue weighted by atomic mass is 19.4. The molecule has 3 atom stereocenters. The van der Waals surface area contributed by atoms with Crippen LogP contribution in [0.5, 0.6) is 5.75 Å². The summed E-state index contributed by atoms with van der Waals surface area (Å²) in [5.74, 6) is -1.92. The number of benzene rings is 3. The van der Waals surface area contributed by atoms with E-state index in [-0.39, 0.29) is 36.4 Å². The molecule has 4 fully saturated rings. The Kier molecular flexibility index (Phi) is 7.80. The molecule has 2 N–H and O–H groups in total. The summed E-state index contributed by atoms with van der Waals surface area (Å²) in [5, 5.41) is 14.0. The molecule has 44 heavy (non-hydrogen) atoms. The Hall–Kier alpha value is -3.73. The van der Waals surface area contributed by atoms with E-state index < -0.39 is 53.2 Å². The lowest BCUT2D eigenvalue weighted by atomic mass is 9.46. The van der Waals surface area contributed by atoms with Gasteiger partial charge in [0.2, 0.25) is 0 Å². The minimum Gasteiger partial charge on any atom is -0.487 e. The Labute approximate surface area is 250 Å². The highest BCUT2D eigenvalue weighted by molar-refractivity contribution is 6.05. The van der Waals surface area contributed by atoms with Gasteiger partial charge in [0.1, 0.15) is 30.9 Å². The van der Waals surface area contributed by atoms with E-state index in [2.05, 4.69) is 5.32 Å². The van der Waals surface area contributed by atoms with Crippen LogP contribution in [0.3, 0.4) is 0 Å². The molecule has 6 nitrogen and oxygen atoms in total. The average Bonchev–Trinajstić information content (AvgIpc) is 2.96. The monoisotopic (exact) mass is 617 g/mol. The summed E-state index contributed by atoms with van der Waals surface area (Å²) >= 11 is 0. The van der Waals surface area contributed by atoms with Gasteiger partial charge in [0.25, 0.3) is 5.91 Å². The third-order valence-electron chi connectivity index (χ3n) is 9.51. The number of hydrogen-bond donors (Lipinski definition) is 2. The molecule has 7 rings (SSSR count). The van der Waals surface area contributed by atoms with Crippen LogP contribution in [0.4, 0.5) is 22.0 Å². The number of alkyl halides is 4. The van der Waals surface area contributed by atoms with Gasteiger partial charge in [-0.3, -0.25) is 4.79 Å². The second-order valence-corrected chi connectivity index (χ2v) is 12.6. The number of carboxylic acid groups (broad SMARTS) is 1. The molecule has 3 aromatic carbocycles. The Morgan fingerprint density at radius 1 is 1.00 bits per heavy atom. The number of fused-ring (bicyclic) bond motifs is 1. The molecule has 4 bridgehead atoms. The standard InChI is InChI=1S/C33H32F5NO5/c34-9-10-44-32-15-20-11-21(16-32)14-31(13-20,18-32)28(30(41)42)39-29(40)26-7-3-22-12-24(35)6-8-25(22)27(26)43-17-19-1-4-23(5-2-19)33(36,37)38/h1-8,12,20-21,28H,9-11,13-18H2,(H,39,40)(H,41,42)/t20?,21?,28-,31?,32?/m1/s1. The lowest BCUT2D eigenvalue weighted by Crippen LogP contribution is -2.65. The van der Waals surface area contributed by atoms with Crippen molar-refractivity contribution in [2.75, 3.05) is 13.3 Å². The fourth-order valence-corrected chi connectivity index (χ4v) is 8.25. The minimum absolute atomic E-state index is 0.00962. The van der Waals surface area contributed by atoms with E-state index in [1.165, 1.54) is 42.5 Å². The van der Waals surface area contributed by atoms with E-state index in [1.807, 2.05) is 0 Å². The smallest absolute Gasteiger partial charge is 0.416 e. The molecule has 0 aliphatic heterocycles. The van der Waals surface area contributed by atoms with E-state index in [1.54, 1.807) is 0 Å². The van der Waals surface area contributed by atoms with Crippen LogP contribution in [0.25, 0.3) is 10.8 Å². The molecule has 4 aliphatic rings. The van der Waals surface area contributed by atoms with Crippen molar-refractivity contribution >= 4 is 22.6 Å². The lowest BCUT2D eigenvalue weighted by molar-refractivity contribution is -0.204. The van der Waals surface area contributed by atoms with Crippen molar-refractivity contribution in [1.82, 2.24) is 5.32 Å². The first kappa shape index (κ1) is 30.3. The molecule has 234 valence electrons. The molecule has 0 spiro atoms. The predicted octanol–water partition coefficient (Wildman–Crippen LogP) is 7.08. The number of rotatable bonds is 10. The summed E-state index contributed by atoms with van der Waals surface area (Å²) in [6, 6.07) is 9.97. The van der Waals surface area contributed by atoms with Gasteiger partial charge in [-0.05, 0) is 97.7 Å². The lowest BCUT2D eigenvalue weighted by Gasteiger charge is -2.63. The number of aliphatic carboxylic acids is 1. The van der Waals surface area contributed by atoms with Gasteiger partial charge < -0.3 is 19.9 Å². The third kappa shape index (κ3) is 5.74. The first-order valence-corrected chi connectivity index (χ1v) is 14.7. The molecule has 0 saturated heterocycles. The number of ether oxygens (including phenoxy) is 2. The van der Waals surface area contributed by atoms with Crippen molar-refractivity contribution in [3.05, 3.63) is 77.1 Å². The van der Waals surface area contributed by atoms with Crippen molar-refractivity contribution in [1.29, 1.82) is 0 Å². The zero-order valence-corrected chi connectivity index (χ0v) is 23.8. The SMILES string of the molecule is O=C(N[C@H](C(=O)O)C12CC3CC(CC(OCCF)(C3)C1)C2)c1ccc2cc(F)ccc2c1OCc1ccc(C(F)(F)F)cc1. The maximum absolute atomic E-state index is 14.0. The normalized spacial score (nSPS) is 26.5. The van der Waals surface area contributed by atoms with Crippen molar-refractivity contribution in [3.8, 4) is 5.75 Å². The van der Waals surface area contributed by atoms with E-state index in [0.29, 0.717) is 35.6 Å². The molecule has 11 heteroatoms. The minimum atomic E-state index is -4.50. The second-order valence-electron chi connectivity index (χ2n) is 12.6. The van der Waals surface area contributed by atoms with Crippen LogP contribution in [0.1, 0.15) is 60.0 Å². The zero-order valence-electron chi connectivity index (χ0n) is 23.8. The summed E-state index contributed by atoms with van der Waals surface area (Å²) in [7, 11) is 0. The fraction of sp³-hybridized carbons (Fsp3) is 0.455. The summed E-state index contributed by atoms with van der Waals surface area (Å²) in [6.45, 7) is -0.889. The molecule has 3 aromatic rings. The van der Waals surface area contributed by atoms with Crippen LogP contribution in [0.15, 0.2) is 54.6 Å². The van der Waals surface area contributed by atoms with Gasteiger partial charge in [0, 0.05) is 10.8 Å². The van der Waals surface area contributed by atoms with Crippen LogP contribution < -0.4 is 10.1 Å². The van der Waals surface area contributed by atoms with E-state index >= 15 is 0 Å². The van der Waals surface area contributed by atoms with Crippen LogP contribution in [-0.4, -0.2) is 41.9 Å². The number of nitrogens with one attached hydrogen (secondary N) is 1. The van der Waals surface area contributed by atoms with Gasteiger partial charge in [-0.15, -0.1) is 0 Å². The average molecular weight is 618 g/mol. The van der Waals surface area contributed by atoms with Gasteiger partial charge in [-0.25, -0.2) is 13.6 Å². The largest absolute Gasteiger partial charge is 0.487 e. The molecule has 4 saturated carbocycles. The second kappa shape index (κ2) is 11.3. The molecule has 1 amide bonds. The maximum Gasteiger partial charge on any atom is 0.416 e. The van der Waals surface area contributed by atoms with Crippen molar-refractivity contribution < 1.29 is 46.1 Å². The molecular formula is C33H32F5NO5. The molecule has 4 aliphatic carbocycles. The Morgan fingerprint density at radius 3 is 2.34 bits per heavy atom. The van der Waals surface area contributed by atoms with Crippen molar-refractivity contribution in [3.63, 3.8) is 0 Å². The topological polar surface area (TPSA) is 84.9 Å². The van der Waals surface area contributed by atoms with Crippen LogP contribution in [0.2, 0.25) is 0 Å². The highest BCUT2D eigenvalue weighted by Crippen LogP contribution is 2.64. The molecule has 0 heterocycles. The Morgan fingerprint density at radius 2 is 1.70 bits per heavy atom. The van der Waals surface area contributed by atoms with Crippen LogP contribution in [0, 0.1) is 23.1 Å². The number of carboxylic acids is 1. The molecular weight excluding hydrogens is 585 g/mol. The number of amides is 1. The van der Waals surface area contributed by atoms with Gasteiger partial charge in [-0.1, -0.05) is 18.2 Å². The highest BCUT2D eigenvalue weighted by Gasteiger charge is 2.62. The van der Waals surface area contributed by atoms with E-state index in [4.69, 9.17) is 9.47 Å². The third-order valence-corrected chi connectivity index (χ3v) is 9.51. The van der Waals surface area contributed by atoms with Gasteiger partial charge in [0.05, 0.1) is 23.3 Å². The van der Waals surface area contributed by atoms with Crippen molar-refractivity contribution in [2.24, 2.45) is 17.3 Å². The predicted molar refractivity (Wildman–Crippen MR) is 150 cm³/mol. The Bertz CT molecular complexity index is 1560. The number of hydrogen-bond acceptors (Lipinski definition) is 4. The Balaban J connectivity index is 1.30. The van der Waals surface area contributed by atoms with Gasteiger partial charge >= 0.3 is 12.1 Å². The van der Waals surface area contributed by atoms with E-state index in [0.717, 1.165) is 31.4 Å². The summed E-state index contributed by atoms with van der Waals surface area (Å²) in [6.07, 6.45) is -0.444. The van der Waals surface area contributed by atoms with Gasteiger partial charge in [0.15, 0.2) is 0 Å². The van der Waals surface area contributed by atoms with Gasteiger partial charge in [-0.2, -0.15) is 13.2 Å². The number of halogens is 5. The number of carbonyl (C=O) groups excluding carboxylic acids is 1. The fourth-order valence-electron chi connectivity index (χ4n) is 8.25. The maximum atomic E-state index is 14.0. The van der Waals surface area contributed by atoms with Crippen LogP contribution in [-0.2, 0) is 22.3 Å². The number of carbonyl (C=O) groups is 2. The van der Waals surface area contributed by atoms with E-state index in [9.17, 15) is 36.6 Å². The summed E-state index contributed by atoms with van der Waals surface area (Å²) < 4.78 is 78.2.